The number of hydrogen-bond donors (Lipinski definition) is 1. The zero-order valence-corrected chi connectivity index (χ0v) is 12.3. The Labute approximate surface area is 130 Å². The Morgan fingerprint density at radius 2 is 2.09 bits per heavy atom. The lowest BCUT2D eigenvalue weighted by molar-refractivity contribution is -0.385. The number of carbonyl (C=O) groups excluding carboxylic acids is 1. The first-order valence-corrected chi connectivity index (χ1v) is 6.70. The first-order valence-electron chi connectivity index (χ1n) is 6.70. The molecule has 0 fully saturated rings. The first-order chi connectivity index (χ1) is 11.0. The lowest BCUT2D eigenvalue weighted by atomic mass is 10.2. The van der Waals surface area contributed by atoms with Gasteiger partial charge in [0.2, 0.25) is 5.82 Å². The summed E-state index contributed by atoms with van der Waals surface area (Å²) in [6.07, 6.45) is 1.57. The second-order valence-corrected chi connectivity index (χ2v) is 4.95. The van der Waals surface area contributed by atoms with Gasteiger partial charge in [0.15, 0.2) is 0 Å². The van der Waals surface area contributed by atoms with Gasteiger partial charge >= 0.3 is 0 Å². The van der Waals surface area contributed by atoms with Gasteiger partial charge in [-0.2, -0.15) is 4.98 Å². The van der Waals surface area contributed by atoms with Gasteiger partial charge in [-0.25, -0.2) is 9.50 Å². The van der Waals surface area contributed by atoms with Crippen LogP contribution in [0.15, 0.2) is 30.5 Å². The van der Waals surface area contributed by atoms with E-state index in [2.05, 4.69) is 20.4 Å². The molecule has 0 aliphatic heterocycles. The van der Waals surface area contributed by atoms with Crippen molar-refractivity contribution in [1.29, 1.82) is 0 Å². The highest BCUT2D eigenvalue weighted by Gasteiger charge is 2.17. The van der Waals surface area contributed by atoms with Gasteiger partial charge in [-0.3, -0.25) is 14.9 Å². The molecule has 0 saturated carbocycles. The SMILES string of the molecule is Cc1ccc(NC(=O)c2nc3nccc(C)n3n2)cc1[N+](=O)[O-]. The quantitative estimate of drug-likeness (QED) is 0.583. The number of carbonyl (C=O) groups is 1. The number of nitrogens with one attached hydrogen (secondary N) is 1. The molecule has 0 radical (unpaired) electrons. The maximum Gasteiger partial charge on any atom is 0.295 e. The predicted molar refractivity (Wildman–Crippen MR) is 81.3 cm³/mol. The molecular formula is C14H12N6O3. The van der Waals surface area contributed by atoms with Gasteiger partial charge in [0.25, 0.3) is 17.4 Å². The summed E-state index contributed by atoms with van der Waals surface area (Å²) in [4.78, 5) is 30.7. The minimum absolute atomic E-state index is 0.0602. The molecule has 9 nitrogen and oxygen atoms in total. The fourth-order valence-corrected chi connectivity index (χ4v) is 2.07. The number of amides is 1. The predicted octanol–water partition coefficient (Wildman–Crippen LogP) is 1.90. The number of rotatable bonds is 3. The van der Waals surface area contributed by atoms with Crippen molar-refractivity contribution in [2.24, 2.45) is 0 Å². The molecule has 9 heteroatoms. The van der Waals surface area contributed by atoms with E-state index in [0.717, 1.165) is 5.69 Å². The van der Waals surface area contributed by atoms with Crippen molar-refractivity contribution in [1.82, 2.24) is 19.6 Å². The lowest BCUT2D eigenvalue weighted by Gasteiger charge is -2.03. The van der Waals surface area contributed by atoms with Crippen LogP contribution < -0.4 is 5.32 Å². The fraction of sp³-hybridized carbons (Fsp3) is 0.143. The summed E-state index contributed by atoms with van der Waals surface area (Å²) < 4.78 is 1.45. The highest BCUT2D eigenvalue weighted by Crippen LogP contribution is 2.22. The number of aryl methyl sites for hydroxylation is 2. The molecule has 23 heavy (non-hydrogen) atoms. The first kappa shape index (κ1) is 14.6. The minimum atomic E-state index is -0.562. The summed E-state index contributed by atoms with van der Waals surface area (Å²) in [7, 11) is 0. The van der Waals surface area contributed by atoms with Crippen molar-refractivity contribution in [3.63, 3.8) is 0 Å². The fourth-order valence-electron chi connectivity index (χ4n) is 2.07. The van der Waals surface area contributed by atoms with Crippen LogP contribution in [-0.2, 0) is 0 Å². The Kier molecular flexibility index (Phi) is 3.45. The smallest absolute Gasteiger partial charge is 0.295 e. The maximum atomic E-state index is 12.2. The van der Waals surface area contributed by atoms with Gasteiger partial charge < -0.3 is 5.32 Å². The summed E-state index contributed by atoms with van der Waals surface area (Å²) >= 11 is 0. The third-order valence-electron chi connectivity index (χ3n) is 3.30. The Hall–Kier alpha value is -3.36. The molecule has 3 aromatic rings. The van der Waals surface area contributed by atoms with E-state index in [1.54, 1.807) is 31.3 Å². The van der Waals surface area contributed by atoms with E-state index in [9.17, 15) is 14.9 Å². The van der Waals surface area contributed by atoms with E-state index in [-0.39, 0.29) is 11.5 Å². The largest absolute Gasteiger partial charge is 0.319 e. The molecule has 0 atom stereocenters. The van der Waals surface area contributed by atoms with Gasteiger partial charge in [-0.1, -0.05) is 6.07 Å². The Morgan fingerprint density at radius 1 is 1.30 bits per heavy atom. The summed E-state index contributed by atoms with van der Waals surface area (Å²) in [5.74, 6) is -0.312. The second kappa shape index (κ2) is 5.44. The molecule has 3 rings (SSSR count). The standard InChI is InChI=1S/C14H12N6O3/c1-8-3-4-10(7-11(8)20(22)23)16-13(21)12-17-14-15-6-5-9(2)19(14)18-12/h3-7H,1-2H3,(H,16,21). The Morgan fingerprint density at radius 3 is 2.78 bits per heavy atom. The molecular weight excluding hydrogens is 300 g/mol. The van der Waals surface area contributed by atoms with E-state index < -0.39 is 10.8 Å². The second-order valence-electron chi connectivity index (χ2n) is 4.95. The summed E-state index contributed by atoms with van der Waals surface area (Å²) in [5.41, 5.74) is 1.53. The van der Waals surface area contributed by atoms with Gasteiger partial charge in [0.1, 0.15) is 0 Å². The van der Waals surface area contributed by atoms with Crippen molar-refractivity contribution >= 4 is 23.1 Å². The van der Waals surface area contributed by atoms with Crippen LogP contribution in [0.2, 0.25) is 0 Å². The average Bonchev–Trinajstić information content (AvgIpc) is 2.94. The molecule has 0 bridgehead atoms. The van der Waals surface area contributed by atoms with E-state index in [1.807, 2.05) is 6.92 Å². The minimum Gasteiger partial charge on any atom is -0.319 e. The molecule has 2 aromatic heterocycles. The zero-order valence-electron chi connectivity index (χ0n) is 12.3. The highest BCUT2D eigenvalue weighted by molar-refractivity contribution is 6.02. The molecule has 1 N–H and O–H groups in total. The Balaban J connectivity index is 1.90. The van der Waals surface area contributed by atoms with Crippen LogP contribution in [0.1, 0.15) is 21.9 Å². The monoisotopic (exact) mass is 312 g/mol. The summed E-state index contributed by atoms with van der Waals surface area (Å²) in [6.45, 7) is 3.44. The maximum absolute atomic E-state index is 12.2. The summed E-state index contributed by atoms with van der Waals surface area (Å²) in [5, 5.41) is 17.6. The Bertz CT molecular complexity index is 933. The van der Waals surface area contributed by atoms with Crippen molar-refractivity contribution in [2.45, 2.75) is 13.8 Å². The van der Waals surface area contributed by atoms with Crippen molar-refractivity contribution in [2.75, 3.05) is 5.32 Å². The number of hydrogen-bond acceptors (Lipinski definition) is 6. The number of benzene rings is 1. The number of anilines is 1. The van der Waals surface area contributed by atoms with Gasteiger partial charge in [0.05, 0.1) is 4.92 Å². The molecule has 116 valence electrons. The van der Waals surface area contributed by atoms with Crippen molar-refractivity contribution in [3.8, 4) is 0 Å². The molecule has 2 heterocycles. The van der Waals surface area contributed by atoms with Crippen LogP contribution in [0.5, 0.6) is 0 Å². The number of nitro groups is 1. The van der Waals surface area contributed by atoms with E-state index in [1.165, 1.54) is 10.6 Å². The lowest BCUT2D eigenvalue weighted by Crippen LogP contribution is -2.14. The number of nitrogens with zero attached hydrogens (tertiary/aromatic N) is 5. The van der Waals surface area contributed by atoms with Crippen LogP contribution in [-0.4, -0.2) is 30.4 Å². The van der Waals surface area contributed by atoms with Crippen LogP contribution in [0, 0.1) is 24.0 Å². The van der Waals surface area contributed by atoms with Crippen LogP contribution in [0.4, 0.5) is 11.4 Å². The number of aromatic nitrogens is 4. The molecule has 0 unspecified atom stereocenters. The van der Waals surface area contributed by atoms with Crippen LogP contribution >= 0.6 is 0 Å². The van der Waals surface area contributed by atoms with Gasteiger partial charge in [-0.05, 0) is 26.0 Å². The van der Waals surface area contributed by atoms with E-state index in [4.69, 9.17) is 0 Å². The normalized spacial score (nSPS) is 10.7. The molecule has 0 spiro atoms. The highest BCUT2D eigenvalue weighted by atomic mass is 16.6. The van der Waals surface area contributed by atoms with E-state index in [0.29, 0.717) is 17.0 Å². The molecule has 1 aromatic carbocycles. The molecule has 0 saturated heterocycles. The number of nitro benzene ring substituents is 1. The van der Waals surface area contributed by atoms with Crippen LogP contribution in [0.3, 0.4) is 0 Å². The number of fused-ring (bicyclic) bond motifs is 1. The van der Waals surface area contributed by atoms with Crippen molar-refractivity contribution in [3.05, 3.63) is 57.7 Å². The third-order valence-corrected chi connectivity index (χ3v) is 3.30. The molecule has 0 aliphatic carbocycles. The third kappa shape index (κ3) is 2.71. The van der Waals surface area contributed by atoms with Gasteiger partial charge in [0, 0.05) is 29.2 Å². The molecule has 0 aliphatic rings. The summed E-state index contributed by atoms with van der Waals surface area (Å²) in [6, 6.07) is 6.19. The van der Waals surface area contributed by atoms with Crippen molar-refractivity contribution < 1.29 is 9.72 Å². The average molecular weight is 312 g/mol. The van der Waals surface area contributed by atoms with E-state index >= 15 is 0 Å². The topological polar surface area (TPSA) is 115 Å². The van der Waals surface area contributed by atoms with Gasteiger partial charge in [-0.15, -0.1) is 5.10 Å². The zero-order chi connectivity index (χ0) is 16.6. The molecule has 1 amide bonds. The van der Waals surface area contributed by atoms with Crippen LogP contribution in [0.25, 0.3) is 5.78 Å².